The number of carbonyl (C=O) groups excluding carboxylic acids is 1. The second kappa shape index (κ2) is 6.89. The van der Waals surface area contributed by atoms with Gasteiger partial charge in [0.15, 0.2) is 9.84 Å². The fraction of sp³-hybridized carbons (Fsp3) is 0.263. The van der Waals surface area contributed by atoms with Crippen molar-refractivity contribution < 1.29 is 13.2 Å². The Morgan fingerprint density at radius 1 is 1.08 bits per heavy atom. The largest absolute Gasteiger partial charge is 0.352 e. The highest BCUT2D eigenvalue weighted by Crippen LogP contribution is 2.31. The van der Waals surface area contributed by atoms with Crippen LogP contribution in [0, 0.1) is 0 Å². The van der Waals surface area contributed by atoms with Crippen molar-refractivity contribution in [2.24, 2.45) is 0 Å². The molecule has 134 valence electrons. The standard InChI is InChI=1S/C19H18N2O3S2/c22-18(20-13-9-10-26(23,24)12-13)11-25-19-16-7-2-1-5-14(16)15-6-3-4-8-17(15)21-19/h1-8,13H,9-12H2,(H,20,22). The zero-order valence-electron chi connectivity index (χ0n) is 14.0. The van der Waals surface area contributed by atoms with E-state index in [1.54, 1.807) is 0 Å². The van der Waals surface area contributed by atoms with Gasteiger partial charge in [-0.3, -0.25) is 4.79 Å². The van der Waals surface area contributed by atoms with Crippen LogP contribution < -0.4 is 5.32 Å². The highest BCUT2D eigenvalue weighted by Gasteiger charge is 2.28. The van der Waals surface area contributed by atoms with Gasteiger partial charge in [0.25, 0.3) is 0 Å². The average molecular weight is 386 g/mol. The van der Waals surface area contributed by atoms with E-state index in [2.05, 4.69) is 11.4 Å². The molecule has 3 aromatic rings. The van der Waals surface area contributed by atoms with Crippen LogP contribution in [-0.4, -0.2) is 42.6 Å². The van der Waals surface area contributed by atoms with E-state index >= 15 is 0 Å². The van der Waals surface area contributed by atoms with Crippen molar-refractivity contribution in [2.75, 3.05) is 17.3 Å². The second-order valence-corrected chi connectivity index (χ2v) is 9.63. The number of amides is 1. The minimum absolute atomic E-state index is 0.0422. The lowest BCUT2D eigenvalue weighted by molar-refractivity contribution is -0.119. The molecule has 1 N–H and O–H groups in total. The molecule has 0 spiro atoms. The summed E-state index contributed by atoms with van der Waals surface area (Å²) in [6.07, 6.45) is 0.496. The Morgan fingerprint density at radius 3 is 2.50 bits per heavy atom. The Balaban J connectivity index is 1.54. The van der Waals surface area contributed by atoms with Crippen molar-refractivity contribution in [1.82, 2.24) is 10.3 Å². The first-order valence-electron chi connectivity index (χ1n) is 8.42. The topological polar surface area (TPSA) is 76.1 Å². The van der Waals surface area contributed by atoms with E-state index in [1.165, 1.54) is 11.8 Å². The molecule has 2 aromatic carbocycles. The van der Waals surface area contributed by atoms with Gasteiger partial charge in [-0.05, 0) is 17.9 Å². The van der Waals surface area contributed by atoms with Gasteiger partial charge in [-0.2, -0.15) is 0 Å². The van der Waals surface area contributed by atoms with Gasteiger partial charge in [-0.15, -0.1) is 0 Å². The normalized spacial score (nSPS) is 19.0. The summed E-state index contributed by atoms with van der Waals surface area (Å²) >= 11 is 1.38. The monoisotopic (exact) mass is 386 g/mol. The summed E-state index contributed by atoms with van der Waals surface area (Å²) in [5.74, 6) is 0.255. The number of fused-ring (bicyclic) bond motifs is 3. The molecule has 7 heteroatoms. The molecule has 26 heavy (non-hydrogen) atoms. The van der Waals surface area contributed by atoms with Crippen LogP contribution in [0.5, 0.6) is 0 Å². The third kappa shape index (κ3) is 3.54. The van der Waals surface area contributed by atoms with Gasteiger partial charge in [0.05, 0.1) is 22.8 Å². The van der Waals surface area contributed by atoms with E-state index in [0.29, 0.717) is 6.42 Å². The molecule has 0 saturated carbocycles. The van der Waals surface area contributed by atoms with Crippen LogP contribution in [0.3, 0.4) is 0 Å². The summed E-state index contributed by atoms with van der Waals surface area (Å²) < 4.78 is 23.0. The van der Waals surface area contributed by atoms with E-state index < -0.39 is 9.84 Å². The SMILES string of the molecule is O=C(CSc1nc2ccccc2c2ccccc12)NC1CCS(=O)(=O)C1. The predicted molar refractivity (Wildman–Crippen MR) is 105 cm³/mol. The van der Waals surface area contributed by atoms with E-state index in [0.717, 1.165) is 26.7 Å². The maximum absolute atomic E-state index is 12.2. The van der Waals surface area contributed by atoms with Crippen molar-refractivity contribution in [3.63, 3.8) is 0 Å². The molecule has 1 aliphatic rings. The third-order valence-corrected chi connectivity index (χ3v) is 7.27. The van der Waals surface area contributed by atoms with Crippen LogP contribution in [0.15, 0.2) is 53.6 Å². The van der Waals surface area contributed by atoms with Gasteiger partial charge in [-0.1, -0.05) is 54.2 Å². The zero-order chi connectivity index (χ0) is 18.1. The Kier molecular flexibility index (Phi) is 4.58. The highest BCUT2D eigenvalue weighted by atomic mass is 32.2. The summed E-state index contributed by atoms with van der Waals surface area (Å²) in [6, 6.07) is 15.7. The molecule has 1 aromatic heterocycles. The lowest BCUT2D eigenvalue weighted by Gasteiger charge is -2.12. The Morgan fingerprint density at radius 2 is 1.77 bits per heavy atom. The maximum atomic E-state index is 12.2. The fourth-order valence-electron chi connectivity index (χ4n) is 3.30. The van der Waals surface area contributed by atoms with E-state index in [-0.39, 0.29) is 29.2 Å². The van der Waals surface area contributed by atoms with Crippen LogP contribution in [0.4, 0.5) is 0 Å². The van der Waals surface area contributed by atoms with Crippen molar-refractivity contribution in [3.05, 3.63) is 48.5 Å². The maximum Gasteiger partial charge on any atom is 0.230 e. The summed E-state index contributed by atoms with van der Waals surface area (Å²) in [4.78, 5) is 16.9. The molecular formula is C19H18N2O3S2. The molecule has 0 radical (unpaired) electrons. The number of sulfone groups is 1. The highest BCUT2D eigenvalue weighted by molar-refractivity contribution is 8.00. The number of aromatic nitrogens is 1. The minimum Gasteiger partial charge on any atom is -0.352 e. The van der Waals surface area contributed by atoms with Crippen LogP contribution >= 0.6 is 11.8 Å². The quantitative estimate of drug-likeness (QED) is 0.551. The number of thioether (sulfide) groups is 1. The average Bonchev–Trinajstić information content (AvgIpc) is 2.98. The molecular weight excluding hydrogens is 368 g/mol. The molecule has 1 atom stereocenters. The van der Waals surface area contributed by atoms with Crippen LogP contribution in [0.1, 0.15) is 6.42 Å². The van der Waals surface area contributed by atoms with E-state index in [1.807, 2.05) is 42.5 Å². The number of pyridine rings is 1. The van der Waals surface area contributed by atoms with E-state index in [9.17, 15) is 13.2 Å². The van der Waals surface area contributed by atoms with Gasteiger partial charge in [0, 0.05) is 16.8 Å². The molecule has 1 unspecified atom stereocenters. The smallest absolute Gasteiger partial charge is 0.230 e. The fourth-order valence-corrected chi connectivity index (χ4v) is 5.82. The van der Waals surface area contributed by atoms with Crippen LogP contribution in [-0.2, 0) is 14.6 Å². The van der Waals surface area contributed by atoms with Gasteiger partial charge in [0.2, 0.25) is 5.91 Å². The van der Waals surface area contributed by atoms with Crippen LogP contribution in [0.25, 0.3) is 21.7 Å². The summed E-state index contributed by atoms with van der Waals surface area (Å²) in [6.45, 7) is 0. The minimum atomic E-state index is -3.00. The molecule has 1 fully saturated rings. The molecule has 1 aliphatic heterocycles. The number of nitrogens with zero attached hydrogens (tertiary/aromatic N) is 1. The number of hydrogen-bond acceptors (Lipinski definition) is 5. The third-order valence-electron chi connectivity index (χ3n) is 4.51. The molecule has 0 bridgehead atoms. The molecule has 5 nitrogen and oxygen atoms in total. The number of nitrogens with one attached hydrogen (secondary N) is 1. The predicted octanol–water partition coefficient (Wildman–Crippen LogP) is 2.78. The van der Waals surface area contributed by atoms with Gasteiger partial charge in [-0.25, -0.2) is 13.4 Å². The molecule has 1 amide bonds. The van der Waals surface area contributed by atoms with Crippen molar-refractivity contribution in [1.29, 1.82) is 0 Å². The lowest BCUT2D eigenvalue weighted by Crippen LogP contribution is -2.36. The number of para-hydroxylation sites is 1. The Hall–Kier alpha value is -2.12. The summed E-state index contributed by atoms with van der Waals surface area (Å²) in [7, 11) is -3.00. The van der Waals surface area contributed by atoms with Gasteiger partial charge in [0.1, 0.15) is 5.03 Å². The molecule has 2 heterocycles. The number of carbonyl (C=O) groups is 1. The molecule has 0 aliphatic carbocycles. The summed E-state index contributed by atoms with van der Waals surface area (Å²) in [5, 5.41) is 6.86. The van der Waals surface area contributed by atoms with Crippen molar-refractivity contribution in [3.8, 4) is 0 Å². The van der Waals surface area contributed by atoms with Gasteiger partial charge >= 0.3 is 0 Å². The number of benzene rings is 2. The Bertz CT molecular complexity index is 1100. The zero-order valence-corrected chi connectivity index (χ0v) is 15.6. The number of rotatable bonds is 4. The lowest BCUT2D eigenvalue weighted by atomic mass is 10.1. The Labute approximate surface area is 156 Å². The summed E-state index contributed by atoms with van der Waals surface area (Å²) in [5.41, 5.74) is 0.899. The van der Waals surface area contributed by atoms with Crippen molar-refractivity contribution in [2.45, 2.75) is 17.5 Å². The first kappa shape index (κ1) is 17.3. The number of hydrogen-bond donors (Lipinski definition) is 1. The molecule has 1 saturated heterocycles. The molecule has 4 rings (SSSR count). The first-order valence-corrected chi connectivity index (χ1v) is 11.2. The first-order chi connectivity index (χ1) is 12.5. The van der Waals surface area contributed by atoms with Crippen LogP contribution in [0.2, 0.25) is 0 Å². The van der Waals surface area contributed by atoms with Crippen molar-refractivity contribution >= 4 is 49.2 Å². The van der Waals surface area contributed by atoms with E-state index in [4.69, 9.17) is 4.98 Å². The second-order valence-electron chi connectivity index (χ2n) is 6.44. The van der Waals surface area contributed by atoms with Gasteiger partial charge < -0.3 is 5.32 Å².